The van der Waals surface area contributed by atoms with E-state index in [0.29, 0.717) is 28.0 Å². The minimum absolute atomic E-state index is 0.405. The average molecular weight is 395 g/mol. The van der Waals surface area contributed by atoms with Gasteiger partial charge in [0.1, 0.15) is 23.0 Å². The Morgan fingerprint density at radius 3 is 2.26 bits per heavy atom. The van der Waals surface area contributed by atoms with Crippen LogP contribution < -0.4 is 9.47 Å². The summed E-state index contributed by atoms with van der Waals surface area (Å²) in [5, 5.41) is 1.30. The smallest absolute Gasteiger partial charge is 0.355 e. The molecule has 134 valence electrons. The number of halogens is 1. The molecule has 1 heterocycles. The van der Waals surface area contributed by atoms with Gasteiger partial charge in [0, 0.05) is 10.1 Å². The largest absolute Gasteiger partial charge is 0.489 e. The molecule has 0 N–H and O–H groups in total. The van der Waals surface area contributed by atoms with Gasteiger partial charge < -0.3 is 9.47 Å². The number of carbonyl (C=O) groups excluding carboxylic acids is 1. The van der Waals surface area contributed by atoms with Crippen molar-refractivity contribution in [3.8, 4) is 11.5 Å². The highest BCUT2D eigenvalue weighted by molar-refractivity contribution is 7.21. The third-order valence-electron chi connectivity index (χ3n) is 4.00. The molecule has 0 spiro atoms. The highest BCUT2D eigenvalue weighted by atomic mass is 35.5. The van der Waals surface area contributed by atoms with Gasteiger partial charge in [-0.1, -0.05) is 60.1 Å². The Morgan fingerprint density at radius 2 is 1.52 bits per heavy atom. The Labute approximate surface area is 165 Å². The van der Waals surface area contributed by atoms with Crippen LogP contribution in [-0.4, -0.2) is 5.97 Å². The van der Waals surface area contributed by atoms with Crippen LogP contribution in [-0.2, 0) is 6.61 Å². The summed E-state index contributed by atoms with van der Waals surface area (Å²) in [6.07, 6.45) is 0. The van der Waals surface area contributed by atoms with Gasteiger partial charge in [0.2, 0.25) is 0 Å². The van der Waals surface area contributed by atoms with Crippen LogP contribution in [0.1, 0.15) is 15.2 Å². The molecule has 1 aromatic heterocycles. The standard InChI is InChI=1S/C22H15ClO3S/c23-20-18-8-4-5-9-19(18)27-21(20)22(24)26-17-12-10-16(11-13-17)25-14-15-6-2-1-3-7-15/h1-13H,14H2. The normalized spacial score (nSPS) is 10.7. The maximum absolute atomic E-state index is 12.5. The summed E-state index contributed by atoms with van der Waals surface area (Å²) in [5.41, 5.74) is 1.09. The molecule has 0 bridgehead atoms. The number of fused-ring (bicyclic) bond motifs is 1. The van der Waals surface area contributed by atoms with Crippen molar-refractivity contribution in [3.63, 3.8) is 0 Å². The van der Waals surface area contributed by atoms with E-state index in [0.717, 1.165) is 15.6 Å². The van der Waals surface area contributed by atoms with Crippen molar-refractivity contribution in [2.24, 2.45) is 0 Å². The number of benzene rings is 3. The highest BCUT2D eigenvalue weighted by Crippen LogP contribution is 2.35. The van der Waals surface area contributed by atoms with E-state index in [9.17, 15) is 4.79 Å². The monoisotopic (exact) mass is 394 g/mol. The molecule has 0 aliphatic heterocycles. The number of hydrogen-bond acceptors (Lipinski definition) is 4. The third-order valence-corrected chi connectivity index (χ3v) is 5.66. The molecular formula is C22H15ClO3S. The van der Waals surface area contributed by atoms with E-state index >= 15 is 0 Å². The SMILES string of the molecule is O=C(Oc1ccc(OCc2ccccc2)cc1)c1sc2ccccc2c1Cl. The van der Waals surface area contributed by atoms with Crippen molar-refractivity contribution in [1.82, 2.24) is 0 Å². The first kappa shape index (κ1) is 17.6. The molecule has 0 saturated heterocycles. The second-order valence-electron chi connectivity index (χ2n) is 5.88. The lowest BCUT2D eigenvalue weighted by Crippen LogP contribution is -2.06. The zero-order chi connectivity index (χ0) is 18.6. The summed E-state index contributed by atoms with van der Waals surface area (Å²) in [7, 11) is 0. The van der Waals surface area contributed by atoms with Crippen LogP contribution in [0.2, 0.25) is 5.02 Å². The lowest BCUT2D eigenvalue weighted by atomic mass is 10.2. The summed E-state index contributed by atoms with van der Waals surface area (Å²) >= 11 is 7.66. The predicted molar refractivity (Wildman–Crippen MR) is 109 cm³/mol. The Morgan fingerprint density at radius 1 is 0.852 bits per heavy atom. The van der Waals surface area contributed by atoms with Gasteiger partial charge in [-0.05, 0) is 35.9 Å². The van der Waals surface area contributed by atoms with Crippen molar-refractivity contribution >= 4 is 39.0 Å². The maximum Gasteiger partial charge on any atom is 0.355 e. The zero-order valence-electron chi connectivity index (χ0n) is 14.2. The molecule has 4 rings (SSSR count). The molecule has 3 nitrogen and oxygen atoms in total. The summed E-state index contributed by atoms with van der Waals surface area (Å²) in [4.78, 5) is 12.9. The summed E-state index contributed by atoms with van der Waals surface area (Å²) in [5.74, 6) is 0.693. The Bertz CT molecular complexity index is 1070. The van der Waals surface area contributed by atoms with E-state index in [1.165, 1.54) is 11.3 Å². The van der Waals surface area contributed by atoms with Crippen molar-refractivity contribution in [2.45, 2.75) is 6.61 Å². The molecular weight excluding hydrogens is 380 g/mol. The van der Waals surface area contributed by atoms with Crippen LogP contribution in [0.3, 0.4) is 0 Å². The Hall–Kier alpha value is -2.82. The van der Waals surface area contributed by atoms with Gasteiger partial charge in [0.15, 0.2) is 0 Å². The van der Waals surface area contributed by atoms with Crippen LogP contribution in [0.15, 0.2) is 78.9 Å². The van der Waals surface area contributed by atoms with Gasteiger partial charge in [-0.25, -0.2) is 4.79 Å². The first-order chi connectivity index (χ1) is 13.2. The molecule has 0 aliphatic carbocycles. The topological polar surface area (TPSA) is 35.5 Å². The molecule has 0 unspecified atom stereocenters. The van der Waals surface area contributed by atoms with E-state index in [-0.39, 0.29) is 0 Å². The van der Waals surface area contributed by atoms with Crippen molar-refractivity contribution in [3.05, 3.63) is 94.3 Å². The second-order valence-corrected chi connectivity index (χ2v) is 7.31. The summed E-state index contributed by atoms with van der Waals surface area (Å²) < 4.78 is 12.2. The molecule has 0 atom stereocenters. The number of rotatable bonds is 5. The molecule has 0 radical (unpaired) electrons. The van der Waals surface area contributed by atoms with E-state index in [2.05, 4.69) is 0 Å². The van der Waals surface area contributed by atoms with Gasteiger partial charge in [0.05, 0.1) is 5.02 Å². The number of thiophene rings is 1. The molecule has 5 heteroatoms. The van der Waals surface area contributed by atoms with Crippen LogP contribution in [0, 0.1) is 0 Å². The minimum atomic E-state index is -0.459. The fourth-order valence-electron chi connectivity index (χ4n) is 2.64. The second kappa shape index (κ2) is 7.82. The fraction of sp³-hybridized carbons (Fsp3) is 0.0455. The molecule has 0 saturated carbocycles. The summed E-state index contributed by atoms with van der Waals surface area (Å²) in [6.45, 7) is 0.483. The summed E-state index contributed by atoms with van der Waals surface area (Å²) in [6, 6.07) is 24.5. The molecule has 0 amide bonds. The van der Waals surface area contributed by atoms with Gasteiger partial charge in [0.25, 0.3) is 0 Å². The zero-order valence-corrected chi connectivity index (χ0v) is 15.8. The van der Waals surface area contributed by atoms with Crippen molar-refractivity contribution in [2.75, 3.05) is 0 Å². The lowest BCUT2D eigenvalue weighted by molar-refractivity contribution is 0.0740. The Kier molecular flexibility index (Phi) is 5.10. The third kappa shape index (κ3) is 3.97. The number of esters is 1. The van der Waals surface area contributed by atoms with Crippen molar-refractivity contribution < 1.29 is 14.3 Å². The minimum Gasteiger partial charge on any atom is -0.489 e. The number of hydrogen-bond donors (Lipinski definition) is 0. The molecule has 27 heavy (non-hydrogen) atoms. The van der Waals surface area contributed by atoms with Crippen molar-refractivity contribution in [1.29, 1.82) is 0 Å². The van der Waals surface area contributed by atoms with E-state index in [1.54, 1.807) is 24.3 Å². The van der Waals surface area contributed by atoms with Gasteiger partial charge in [-0.15, -0.1) is 11.3 Å². The predicted octanol–water partition coefficient (Wildman–Crippen LogP) is 6.35. The Balaban J connectivity index is 1.43. The van der Waals surface area contributed by atoms with Gasteiger partial charge >= 0.3 is 5.97 Å². The first-order valence-electron chi connectivity index (χ1n) is 8.37. The van der Waals surface area contributed by atoms with E-state index in [1.807, 2.05) is 54.6 Å². The van der Waals surface area contributed by atoms with E-state index in [4.69, 9.17) is 21.1 Å². The van der Waals surface area contributed by atoms with Crippen LogP contribution in [0.4, 0.5) is 0 Å². The van der Waals surface area contributed by atoms with E-state index < -0.39 is 5.97 Å². The lowest BCUT2D eigenvalue weighted by Gasteiger charge is -2.07. The quantitative estimate of drug-likeness (QED) is 0.292. The van der Waals surface area contributed by atoms with Gasteiger partial charge in [-0.3, -0.25) is 0 Å². The van der Waals surface area contributed by atoms with Gasteiger partial charge in [-0.2, -0.15) is 0 Å². The molecule has 0 aliphatic rings. The number of carbonyl (C=O) groups is 1. The number of ether oxygens (including phenoxy) is 2. The highest BCUT2D eigenvalue weighted by Gasteiger charge is 2.18. The fourth-order valence-corrected chi connectivity index (χ4v) is 4.03. The van der Waals surface area contributed by atoms with Crippen LogP contribution in [0.5, 0.6) is 11.5 Å². The van der Waals surface area contributed by atoms with Crippen LogP contribution >= 0.6 is 22.9 Å². The molecule has 4 aromatic rings. The maximum atomic E-state index is 12.5. The molecule has 3 aromatic carbocycles. The first-order valence-corrected chi connectivity index (χ1v) is 9.56. The van der Waals surface area contributed by atoms with Crippen LogP contribution in [0.25, 0.3) is 10.1 Å². The molecule has 0 fully saturated rings. The average Bonchev–Trinajstić information content (AvgIpc) is 3.05.